The summed E-state index contributed by atoms with van der Waals surface area (Å²) >= 11 is 0. The van der Waals surface area contributed by atoms with Crippen LogP contribution in [0.2, 0.25) is 0 Å². The highest BCUT2D eigenvalue weighted by Gasteiger charge is 2.13. The van der Waals surface area contributed by atoms with Crippen LogP contribution in [0.4, 0.5) is 17.6 Å². The van der Waals surface area contributed by atoms with Crippen molar-refractivity contribution >= 4 is 10.8 Å². The fraction of sp³-hybridized carbons (Fsp3) is 0.179. The third kappa shape index (κ3) is 5.23. The first kappa shape index (κ1) is 22.5. The van der Waals surface area contributed by atoms with Gasteiger partial charge >= 0.3 is 0 Å². The monoisotopic (exact) mass is 447 g/mol. The number of fused-ring (bicyclic) bond motifs is 1. The van der Waals surface area contributed by atoms with Gasteiger partial charge in [0.15, 0.2) is 17.5 Å². The summed E-state index contributed by atoms with van der Waals surface area (Å²) in [5.74, 6) is 1.11. The molecular weight excluding hydrogens is 426 g/mol. The second kappa shape index (κ2) is 9.87. The zero-order valence-electron chi connectivity index (χ0n) is 18.1. The standard InChI is InChI=1S/C28H21F4N/c1-2-3-20-7-12-23(33-17-20)11-6-19-5-10-21(25(29)15-19)9-4-18-8-13-24-22(14-18)16-26(30)28(32)27(24)31/h5,7-8,10,12-17H,2-3,6,11H2,1H3. The Balaban J connectivity index is 1.47. The summed E-state index contributed by atoms with van der Waals surface area (Å²) in [7, 11) is 0. The first-order valence-corrected chi connectivity index (χ1v) is 10.8. The minimum Gasteiger partial charge on any atom is -0.261 e. The number of hydrogen-bond donors (Lipinski definition) is 0. The highest BCUT2D eigenvalue weighted by molar-refractivity contribution is 5.84. The molecule has 1 aromatic heterocycles. The van der Waals surface area contributed by atoms with Gasteiger partial charge in [-0.3, -0.25) is 4.98 Å². The van der Waals surface area contributed by atoms with Gasteiger partial charge in [0.25, 0.3) is 0 Å². The fourth-order valence-corrected chi connectivity index (χ4v) is 3.65. The van der Waals surface area contributed by atoms with E-state index < -0.39 is 23.3 Å². The second-order valence-corrected chi connectivity index (χ2v) is 7.89. The van der Waals surface area contributed by atoms with E-state index in [0.29, 0.717) is 18.4 Å². The van der Waals surface area contributed by atoms with Crippen molar-refractivity contribution in [3.05, 3.63) is 112 Å². The molecule has 0 spiro atoms. The number of aryl methyl sites for hydroxylation is 3. The molecule has 0 bridgehead atoms. The summed E-state index contributed by atoms with van der Waals surface area (Å²) in [6.45, 7) is 2.13. The Bertz CT molecular complexity index is 1370. The third-order valence-corrected chi connectivity index (χ3v) is 5.44. The number of aromatic nitrogens is 1. The van der Waals surface area contributed by atoms with Crippen molar-refractivity contribution in [1.82, 2.24) is 4.98 Å². The lowest BCUT2D eigenvalue weighted by Gasteiger charge is -2.05. The zero-order chi connectivity index (χ0) is 23.4. The minimum atomic E-state index is -1.51. The molecule has 0 amide bonds. The van der Waals surface area contributed by atoms with Crippen molar-refractivity contribution in [3.63, 3.8) is 0 Å². The Morgan fingerprint density at radius 3 is 2.27 bits per heavy atom. The molecule has 5 heteroatoms. The predicted octanol–water partition coefficient (Wildman–Crippen LogP) is 6.93. The normalized spacial score (nSPS) is 10.8. The zero-order valence-corrected chi connectivity index (χ0v) is 18.1. The largest absolute Gasteiger partial charge is 0.261 e. The van der Waals surface area contributed by atoms with Crippen LogP contribution in [-0.4, -0.2) is 4.98 Å². The third-order valence-electron chi connectivity index (χ3n) is 5.44. The van der Waals surface area contributed by atoms with Crippen LogP contribution in [0, 0.1) is 35.1 Å². The van der Waals surface area contributed by atoms with Crippen molar-refractivity contribution in [1.29, 1.82) is 0 Å². The summed E-state index contributed by atoms with van der Waals surface area (Å²) in [4.78, 5) is 4.47. The van der Waals surface area contributed by atoms with Crippen LogP contribution in [0.15, 0.2) is 60.8 Å². The molecule has 4 rings (SSSR count). The van der Waals surface area contributed by atoms with Crippen LogP contribution < -0.4 is 0 Å². The van der Waals surface area contributed by atoms with Gasteiger partial charge in [-0.25, -0.2) is 17.6 Å². The molecule has 4 aromatic rings. The van der Waals surface area contributed by atoms with Gasteiger partial charge in [0.1, 0.15) is 5.82 Å². The van der Waals surface area contributed by atoms with E-state index >= 15 is 0 Å². The van der Waals surface area contributed by atoms with E-state index in [4.69, 9.17) is 0 Å². The van der Waals surface area contributed by atoms with Crippen LogP contribution in [0.5, 0.6) is 0 Å². The minimum absolute atomic E-state index is 0.0375. The maximum absolute atomic E-state index is 14.6. The molecule has 1 heterocycles. The van der Waals surface area contributed by atoms with Crippen molar-refractivity contribution in [2.45, 2.75) is 32.6 Å². The van der Waals surface area contributed by atoms with Crippen molar-refractivity contribution in [2.75, 3.05) is 0 Å². The Labute approximate surface area is 190 Å². The Kier molecular flexibility index (Phi) is 6.74. The topological polar surface area (TPSA) is 12.9 Å². The van der Waals surface area contributed by atoms with Crippen LogP contribution in [0.3, 0.4) is 0 Å². The van der Waals surface area contributed by atoms with Crippen molar-refractivity contribution in [3.8, 4) is 11.8 Å². The fourth-order valence-electron chi connectivity index (χ4n) is 3.65. The van der Waals surface area contributed by atoms with Crippen molar-refractivity contribution in [2.24, 2.45) is 0 Å². The molecule has 0 saturated carbocycles. The van der Waals surface area contributed by atoms with E-state index in [9.17, 15) is 17.6 Å². The Morgan fingerprint density at radius 2 is 1.55 bits per heavy atom. The van der Waals surface area contributed by atoms with E-state index in [0.717, 1.165) is 30.2 Å². The van der Waals surface area contributed by atoms with Crippen LogP contribution >= 0.6 is 0 Å². The quantitative estimate of drug-likeness (QED) is 0.184. The van der Waals surface area contributed by atoms with Gasteiger partial charge in [-0.15, -0.1) is 0 Å². The lowest BCUT2D eigenvalue weighted by atomic mass is 10.0. The predicted molar refractivity (Wildman–Crippen MR) is 122 cm³/mol. The molecule has 0 saturated heterocycles. The average molecular weight is 447 g/mol. The van der Waals surface area contributed by atoms with Gasteiger partial charge in [0.05, 0.1) is 5.56 Å². The van der Waals surface area contributed by atoms with Gasteiger partial charge in [-0.1, -0.05) is 43.4 Å². The average Bonchev–Trinajstić information content (AvgIpc) is 2.81. The van der Waals surface area contributed by atoms with Gasteiger partial charge in [-0.2, -0.15) is 0 Å². The number of nitrogens with zero attached hydrogens (tertiary/aromatic N) is 1. The van der Waals surface area contributed by atoms with E-state index in [1.54, 1.807) is 6.07 Å². The number of hydrogen-bond acceptors (Lipinski definition) is 1. The number of benzene rings is 3. The molecule has 0 radical (unpaired) electrons. The second-order valence-electron chi connectivity index (χ2n) is 7.89. The van der Waals surface area contributed by atoms with Gasteiger partial charge in [0, 0.05) is 22.8 Å². The molecule has 1 nitrogen and oxygen atoms in total. The number of pyridine rings is 1. The molecule has 0 aliphatic rings. The lowest BCUT2D eigenvalue weighted by molar-refractivity contribution is 0.453. The first-order valence-electron chi connectivity index (χ1n) is 10.8. The van der Waals surface area contributed by atoms with Gasteiger partial charge in [-0.05, 0) is 72.2 Å². The highest BCUT2D eigenvalue weighted by atomic mass is 19.2. The molecule has 0 unspecified atom stereocenters. The molecular formula is C28H21F4N. The van der Waals surface area contributed by atoms with Crippen LogP contribution in [0.25, 0.3) is 10.8 Å². The number of halogens is 4. The SMILES string of the molecule is CCCc1ccc(CCc2ccc(C#Cc3ccc4c(F)c(F)c(F)cc4c3)c(F)c2)nc1. The van der Waals surface area contributed by atoms with Crippen LogP contribution in [0.1, 0.15) is 41.3 Å². The summed E-state index contributed by atoms with van der Waals surface area (Å²) in [6, 6.07) is 14.2. The van der Waals surface area contributed by atoms with E-state index in [2.05, 4.69) is 29.8 Å². The maximum Gasteiger partial charge on any atom is 0.195 e. The van der Waals surface area contributed by atoms with E-state index in [1.165, 1.54) is 29.8 Å². The summed E-state index contributed by atoms with van der Waals surface area (Å²) in [5, 5.41) is 0.148. The molecule has 3 aromatic carbocycles. The molecule has 166 valence electrons. The smallest absolute Gasteiger partial charge is 0.195 e. The lowest BCUT2D eigenvalue weighted by Crippen LogP contribution is -1.97. The molecule has 0 aliphatic carbocycles. The van der Waals surface area contributed by atoms with Crippen molar-refractivity contribution < 1.29 is 17.6 Å². The van der Waals surface area contributed by atoms with Crippen LogP contribution in [-0.2, 0) is 19.3 Å². The Morgan fingerprint density at radius 1 is 0.727 bits per heavy atom. The maximum atomic E-state index is 14.6. The van der Waals surface area contributed by atoms with E-state index in [-0.39, 0.29) is 16.3 Å². The van der Waals surface area contributed by atoms with Gasteiger partial charge < -0.3 is 0 Å². The molecule has 0 N–H and O–H groups in total. The Hall–Kier alpha value is -3.65. The summed E-state index contributed by atoms with van der Waals surface area (Å²) in [5.41, 5.74) is 3.68. The highest BCUT2D eigenvalue weighted by Crippen LogP contribution is 2.24. The molecule has 0 atom stereocenters. The molecule has 33 heavy (non-hydrogen) atoms. The number of rotatable bonds is 5. The van der Waals surface area contributed by atoms with Gasteiger partial charge in [0.2, 0.25) is 0 Å². The first-order chi connectivity index (χ1) is 15.9. The molecule has 0 aliphatic heterocycles. The summed E-state index contributed by atoms with van der Waals surface area (Å²) in [6.07, 6.45) is 5.34. The summed E-state index contributed by atoms with van der Waals surface area (Å²) < 4.78 is 55.3. The van der Waals surface area contributed by atoms with E-state index in [1.807, 2.05) is 18.3 Å². The molecule has 0 fully saturated rings.